The van der Waals surface area contributed by atoms with Crippen LogP contribution in [0.5, 0.6) is 5.75 Å². The SMILES string of the molecule is CS(=O)(=O)Nc1cc(F)c(F)c(F)c1-c1ccc2c(c1)OCCC2=O. The maximum Gasteiger partial charge on any atom is 0.229 e. The van der Waals surface area contributed by atoms with E-state index in [9.17, 15) is 26.4 Å². The highest BCUT2D eigenvalue weighted by atomic mass is 32.2. The molecule has 0 spiro atoms. The van der Waals surface area contributed by atoms with Gasteiger partial charge in [-0.05, 0) is 17.7 Å². The molecule has 0 bridgehead atoms. The highest BCUT2D eigenvalue weighted by Crippen LogP contribution is 2.37. The van der Waals surface area contributed by atoms with Crippen LogP contribution >= 0.6 is 0 Å². The Hall–Kier alpha value is -2.55. The molecular weight excluding hydrogens is 359 g/mol. The molecule has 1 heterocycles. The average Bonchev–Trinajstić information content (AvgIpc) is 2.51. The van der Waals surface area contributed by atoms with E-state index in [0.717, 1.165) is 6.26 Å². The normalized spacial score (nSPS) is 14.0. The summed E-state index contributed by atoms with van der Waals surface area (Å²) in [4.78, 5) is 11.8. The number of sulfonamides is 1. The molecule has 5 nitrogen and oxygen atoms in total. The number of hydrogen-bond acceptors (Lipinski definition) is 4. The smallest absolute Gasteiger partial charge is 0.229 e. The number of hydrogen-bond donors (Lipinski definition) is 1. The summed E-state index contributed by atoms with van der Waals surface area (Å²) in [5, 5.41) is 0. The molecule has 3 rings (SSSR count). The van der Waals surface area contributed by atoms with Crippen molar-refractivity contribution in [2.45, 2.75) is 6.42 Å². The second-order valence-electron chi connectivity index (χ2n) is 5.52. The van der Waals surface area contributed by atoms with Gasteiger partial charge in [0.2, 0.25) is 10.0 Å². The topological polar surface area (TPSA) is 72.5 Å². The van der Waals surface area contributed by atoms with Crippen molar-refractivity contribution < 1.29 is 31.1 Å². The molecule has 0 aromatic heterocycles. The molecule has 1 aliphatic heterocycles. The van der Waals surface area contributed by atoms with Gasteiger partial charge >= 0.3 is 0 Å². The van der Waals surface area contributed by atoms with E-state index >= 15 is 0 Å². The molecule has 9 heteroatoms. The molecule has 0 saturated heterocycles. The van der Waals surface area contributed by atoms with Crippen LogP contribution in [0.4, 0.5) is 18.9 Å². The molecule has 0 saturated carbocycles. The van der Waals surface area contributed by atoms with Gasteiger partial charge in [-0.2, -0.15) is 0 Å². The van der Waals surface area contributed by atoms with E-state index in [1.165, 1.54) is 18.2 Å². The third-order valence-electron chi connectivity index (χ3n) is 3.62. The third kappa shape index (κ3) is 3.32. The summed E-state index contributed by atoms with van der Waals surface area (Å²) in [6.45, 7) is 0.143. The first-order valence-electron chi connectivity index (χ1n) is 7.13. The van der Waals surface area contributed by atoms with Gasteiger partial charge in [0, 0.05) is 18.1 Å². The van der Waals surface area contributed by atoms with Crippen LogP contribution in [0.15, 0.2) is 24.3 Å². The zero-order valence-electron chi connectivity index (χ0n) is 12.9. The Labute approximate surface area is 141 Å². The van der Waals surface area contributed by atoms with Crippen LogP contribution in [0, 0.1) is 17.5 Å². The summed E-state index contributed by atoms with van der Waals surface area (Å²) in [5.74, 6) is -4.80. The average molecular weight is 371 g/mol. The number of ether oxygens (including phenoxy) is 1. The van der Waals surface area contributed by atoms with Gasteiger partial charge in [0.1, 0.15) is 5.75 Å². The van der Waals surface area contributed by atoms with E-state index in [0.29, 0.717) is 6.07 Å². The predicted octanol–water partition coefficient (Wildman–Crippen LogP) is 3.11. The van der Waals surface area contributed by atoms with Gasteiger partial charge in [-0.15, -0.1) is 0 Å². The maximum absolute atomic E-state index is 14.3. The van der Waals surface area contributed by atoms with Gasteiger partial charge in [-0.1, -0.05) is 6.07 Å². The number of ketones is 1. The van der Waals surface area contributed by atoms with Crippen molar-refractivity contribution in [1.82, 2.24) is 0 Å². The zero-order valence-corrected chi connectivity index (χ0v) is 13.7. The van der Waals surface area contributed by atoms with E-state index in [-0.39, 0.29) is 35.7 Å². The molecule has 0 fully saturated rings. The van der Waals surface area contributed by atoms with Gasteiger partial charge in [0.25, 0.3) is 0 Å². The van der Waals surface area contributed by atoms with E-state index < -0.39 is 38.7 Å². The quantitative estimate of drug-likeness (QED) is 0.842. The van der Waals surface area contributed by atoms with Crippen molar-refractivity contribution in [2.24, 2.45) is 0 Å². The number of anilines is 1. The molecule has 0 aliphatic carbocycles. The number of fused-ring (bicyclic) bond motifs is 1. The molecule has 0 unspecified atom stereocenters. The van der Waals surface area contributed by atoms with Crippen molar-refractivity contribution in [2.75, 3.05) is 17.6 Å². The molecule has 1 aliphatic rings. The van der Waals surface area contributed by atoms with Crippen molar-refractivity contribution in [3.63, 3.8) is 0 Å². The molecule has 0 amide bonds. The fourth-order valence-electron chi connectivity index (χ4n) is 2.57. The van der Waals surface area contributed by atoms with E-state index in [4.69, 9.17) is 4.74 Å². The minimum absolute atomic E-state index is 0.0380. The molecular formula is C16H12F3NO4S. The number of halogens is 3. The number of nitrogens with one attached hydrogen (secondary N) is 1. The molecule has 0 atom stereocenters. The molecule has 0 radical (unpaired) electrons. The van der Waals surface area contributed by atoms with Gasteiger partial charge < -0.3 is 4.74 Å². The lowest BCUT2D eigenvalue weighted by molar-refractivity contribution is 0.0933. The number of rotatable bonds is 3. The van der Waals surface area contributed by atoms with Gasteiger partial charge in [-0.25, -0.2) is 21.6 Å². The Bertz CT molecular complexity index is 989. The summed E-state index contributed by atoms with van der Waals surface area (Å²) >= 11 is 0. The summed E-state index contributed by atoms with van der Waals surface area (Å²) < 4.78 is 71.7. The second kappa shape index (κ2) is 6.07. The molecule has 25 heavy (non-hydrogen) atoms. The lowest BCUT2D eigenvalue weighted by Crippen LogP contribution is -2.15. The number of carbonyl (C=O) groups is 1. The summed E-state index contributed by atoms with van der Waals surface area (Å²) in [5.41, 5.74) is -0.610. The van der Waals surface area contributed by atoms with Crippen molar-refractivity contribution in [3.05, 3.63) is 47.3 Å². The van der Waals surface area contributed by atoms with Crippen LogP contribution in [0.25, 0.3) is 11.1 Å². The van der Waals surface area contributed by atoms with Crippen molar-refractivity contribution >= 4 is 21.5 Å². The zero-order chi connectivity index (χ0) is 18.4. The number of Topliss-reactive ketones (excluding diaryl/α,β-unsaturated/α-hetero) is 1. The molecule has 2 aromatic carbocycles. The van der Waals surface area contributed by atoms with Crippen LogP contribution in [0.2, 0.25) is 0 Å². The maximum atomic E-state index is 14.3. The van der Waals surface area contributed by atoms with E-state index in [2.05, 4.69) is 0 Å². The summed E-state index contributed by atoms with van der Waals surface area (Å²) in [7, 11) is -3.87. The molecule has 132 valence electrons. The largest absolute Gasteiger partial charge is 0.492 e. The lowest BCUT2D eigenvalue weighted by Gasteiger charge is -2.18. The first-order chi connectivity index (χ1) is 11.7. The monoisotopic (exact) mass is 371 g/mol. The first kappa shape index (κ1) is 17.3. The van der Waals surface area contributed by atoms with E-state index in [1.807, 2.05) is 4.72 Å². The minimum Gasteiger partial charge on any atom is -0.492 e. The molecule has 2 aromatic rings. The third-order valence-corrected chi connectivity index (χ3v) is 4.21. The fraction of sp³-hybridized carbons (Fsp3) is 0.188. The predicted molar refractivity (Wildman–Crippen MR) is 84.7 cm³/mol. The van der Waals surface area contributed by atoms with Crippen LogP contribution in [0.1, 0.15) is 16.8 Å². The Morgan fingerprint density at radius 2 is 1.84 bits per heavy atom. The van der Waals surface area contributed by atoms with Crippen LogP contribution in [-0.4, -0.2) is 27.1 Å². The second-order valence-corrected chi connectivity index (χ2v) is 7.26. The van der Waals surface area contributed by atoms with Crippen molar-refractivity contribution in [1.29, 1.82) is 0 Å². The van der Waals surface area contributed by atoms with Crippen molar-refractivity contribution in [3.8, 4) is 16.9 Å². The van der Waals surface area contributed by atoms with Gasteiger partial charge in [0.15, 0.2) is 23.2 Å². The number of benzene rings is 2. The Balaban J connectivity index is 2.22. The molecule has 1 N–H and O–H groups in total. The highest BCUT2D eigenvalue weighted by Gasteiger charge is 2.24. The van der Waals surface area contributed by atoms with Crippen LogP contribution in [-0.2, 0) is 10.0 Å². The minimum atomic E-state index is -3.87. The standard InChI is InChI=1S/C16H12F3NO4S/c1-25(22,23)20-11-7-10(17)15(18)16(19)14(11)8-2-3-9-12(21)4-5-24-13(9)6-8/h2-3,6-7,20H,4-5H2,1H3. The van der Waals surface area contributed by atoms with Crippen LogP contribution in [0.3, 0.4) is 0 Å². The van der Waals surface area contributed by atoms with Gasteiger partial charge in [0.05, 0.1) is 24.1 Å². The first-order valence-corrected chi connectivity index (χ1v) is 9.02. The Morgan fingerprint density at radius 1 is 1.12 bits per heavy atom. The summed E-state index contributed by atoms with van der Waals surface area (Å²) in [6.07, 6.45) is 0.997. The summed E-state index contributed by atoms with van der Waals surface area (Å²) in [6, 6.07) is 4.53. The highest BCUT2D eigenvalue weighted by molar-refractivity contribution is 7.92. The van der Waals surface area contributed by atoms with Crippen LogP contribution < -0.4 is 9.46 Å². The lowest BCUT2D eigenvalue weighted by atomic mass is 9.97. The Kier molecular flexibility index (Phi) is 4.19. The van der Waals surface area contributed by atoms with Gasteiger partial charge in [-0.3, -0.25) is 9.52 Å². The van der Waals surface area contributed by atoms with E-state index in [1.54, 1.807) is 0 Å². The fourth-order valence-corrected chi connectivity index (χ4v) is 3.13. The Morgan fingerprint density at radius 3 is 2.52 bits per heavy atom. The number of carbonyl (C=O) groups excluding carboxylic acids is 1.